The predicted octanol–water partition coefficient (Wildman–Crippen LogP) is 5.08. The van der Waals surface area contributed by atoms with Gasteiger partial charge in [0, 0.05) is 11.6 Å². The molecule has 1 heterocycles. The molecule has 0 aliphatic carbocycles. The maximum Gasteiger partial charge on any atom is 0.525 e. The number of hydrogen-bond donors (Lipinski definition) is 0. The van der Waals surface area contributed by atoms with Crippen LogP contribution in [0.2, 0.25) is 5.02 Å². The van der Waals surface area contributed by atoms with E-state index in [9.17, 15) is 0 Å². The minimum absolute atomic E-state index is 0.396. The fourth-order valence-electron chi connectivity index (χ4n) is 2.50. The van der Waals surface area contributed by atoms with Crippen LogP contribution in [0.4, 0.5) is 4.39 Å². The van der Waals surface area contributed by atoms with E-state index in [1.165, 1.54) is 0 Å². The van der Waals surface area contributed by atoms with Gasteiger partial charge >= 0.3 is 7.12 Å². The van der Waals surface area contributed by atoms with Crippen molar-refractivity contribution in [1.82, 2.24) is 0 Å². The molecule has 0 saturated carbocycles. The van der Waals surface area contributed by atoms with Gasteiger partial charge in [0.15, 0.2) is 0 Å². The molecule has 6 heteroatoms. The second kappa shape index (κ2) is 7.57. The molecule has 0 aromatic heterocycles. The molecule has 2 rings (SSSR count). The summed E-state index contributed by atoms with van der Waals surface area (Å²) in [5.41, 5.74) is -0.527. The zero-order valence-electron chi connectivity index (χ0n) is 15.0. The summed E-state index contributed by atoms with van der Waals surface area (Å²) in [5, 5.41) is 0.496. The third-order valence-electron chi connectivity index (χ3n) is 4.65. The van der Waals surface area contributed by atoms with Gasteiger partial charge in [0.1, 0.15) is 5.73 Å². The Kier molecular flexibility index (Phi) is 6.13. The van der Waals surface area contributed by atoms with Crippen LogP contribution in [0.5, 0.6) is 0 Å². The third kappa shape index (κ3) is 4.02. The van der Waals surface area contributed by atoms with Crippen LogP contribution in [0, 0.1) is 0 Å². The Morgan fingerprint density at radius 2 is 1.75 bits per heavy atom. The summed E-state index contributed by atoms with van der Waals surface area (Å²) >= 11 is 6.27. The van der Waals surface area contributed by atoms with Crippen LogP contribution >= 0.6 is 11.6 Å². The van der Waals surface area contributed by atoms with E-state index in [0.29, 0.717) is 35.8 Å². The fraction of sp³-hybridized carbons (Fsp3) is 0.556. The van der Waals surface area contributed by atoms with Crippen LogP contribution in [-0.4, -0.2) is 31.5 Å². The Morgan fingerprint density at radius 1 is 1.17 bits per heavy atom. The summed E-state index contributed by atoms with van der Waals surface area (Å²) in [6.07, 6.45) is 0.396. The average molecular weight is 355 g/mol. The smallest absolute Gasteiger partial charge is 0.398 e. The number of halogens is 2. The summed E-state index contributed by atoms with van der Waals surface area (Å²) in [4.78, 5) is 0. The van der Waals surface area contributed by atoms with Crippen molar-refractivity contribution in [2.75, 3.05) is 13.2 Å². The molecule has 1 aliphatic rings. The molecule has 1 aliphatic heterocycles. The molecule has 0 amide bonds. The standard InChI is InChI=1S/C18H25BClFO3/c1-6-22-12-11-14(13-9-7-8-10-15(13)20)16(21)19-23-17(2,3)18(4,5)24-19/h7-10H,6,11-12H2,1-5H3. The molecule has 1 saturated heterocycles. The van der Waals surface area contributed by atoms with Crippen molar-refractivity contribution < 1.29 is 18.4 Å². The minimum atomic E-state index is -1.04. The summed E-state index contributed by atoms with van der Waals surface area (Å²) in [6.45, 7) is 10.5. The van der Waals surface area contributed by atoms with E-state index >= 15 is 4.39 Å². The maximum absolute atomic E-state index is 15.3. The van der Waals surface area contributed by atoms with E-state index in [2.05, 4.69) is 0 Å². The minimum Gasteiger partial charge on any atom is -0.398 e. The van der Waals surface area contributed by atoms with E-state index in [-0.39, 0.29) is 0 Å². The Labute approximate surface area is 149 Å². The largest absolute Gasteiger partial charge is 0.525 e. The maximum atomic E-state index is 15.3. The molecule has 1 fully saturated rings. The highest BCUT2D eigenvalue weighted by molar-refractivity contribution is 6.55. The van der Waals surface area contributed by atoms with E-state index in [1.54, 1.807) is 12.1 Å². The summed E-state index contributed by atoms with van der Waals surface area (Å²) in [7, 11) is -1.04. The van der Waals surface area contributed by atoms with E-state index in [4.69, 9.17) is 25.6 Å². The van der Waals surface area contributed by atoms with Gasteiger partial charge in [0.05, 0.1) is 17.8 Å². The molecule has 1 aromatic rings. The van der Waals surface area contributed by atoms with E-state index < -0.39 is 24.0 Å². The van der Waals surface area contributed by atoms with Gasteiger partial charge in [-0.3, -0.25) is 0 Å². The average Bonchev–Trinajstić information content (AvgIpc) is 2.73. The van der Waals surface area contributed by atoms with Crippen LogP contribution in [0.15, 0.2) is 30.0 Å². The molecular weight excluding hydrogens is 329 g/mol. The molecular formula is C18H25BClFO3. The van der Waals surface area contributed by atoms with Crippen molar-refractivity contribution in [2.24, 2.45) is 0 Å². The van der Waals surface area contributed by atoms with E-state index in [0.717, 1.165) is 0 Å². The van der Waals surface area contributed by atoms with Gasteiger partial charge in [0.2, 0.25) is 0 Å². The SMILES string of the molecule is CCOCCC(=C(F)B1OC(C)(C)C(C)(C)O1)c1ccccc1Cl. The predicted molar refractivity (Wildman–Crippen MR) is 96.7 cm³/mol. The molecule has 0 bridgehead atoms. The van der Waals surface area contributed by atoms with Crippen molar-refractivity contribution in [1.29, 1.82) is 0 Å². The molecule has 132 valence electrons. The molecule has 3 nitrogen and oxygen atoms in total. The lowest BCUT2D eigenvalue weighted by molar-refractivity contribution is 0.00578. The van der Waals surface area contributed by atoms with Crippen LogP contribution in [-0.2, 0) is 14.0 Å². The molecule has 0 unspecified atom stereocenters. The first kappa shape index (κ1) is 19.4. The fourth-order valence-corrected chi connectivity index (χ4v) is 2.75. The number of hydrogen-bond acceptors (Lipinski definition) is 3. The zero-order valence-corrected chi connectivity index (χ0v) is 15.7. The van der Waals surface area contributed by atoms with Crippen LogP contribution < -0.4 is 0 Å². The Hall–Kier alpha value is -0.875. The van der Waals surface area contributed by atoms with Crippen molar-refractivity contribution in [3.05, 3.63) is 40.6 Å². The van der Waals surface area contributed by atoms with Crippen molar-refractivity contribution in [3.8, 4) is 0 Å². The summed E-state index contributed by atoms with van der Waals surface area (Å²) in [5.74, 6) is 0. The second-order valence-electron chi connectivity index (χ2n) is 6.84. The Morgan fingerprint density at radius 3 is 2.29 bits per heavy atom. The Bertz CT molecular complexity index is 600. The highest BCUT2D eigenvalue weighted by Gasteiger charge is 2.53. The van der Waals surface area contributed by atoms with Gasteiger partial charge in [-0.1, -0.05) is 29.8 Å². The monoisotopic (exact) mass is 354 g/mol. The molecule has 24 heavy (non-hydrogen) atoms. The van der Waals surface area contributed by atoms with E-state index in [1.807, 2.05) is 46.8 Å². The van der Waals surface area contributed by atoms with Crippen LogP contribution in [0.1, 0.15) is 46.6 Å². The Balaban J connectivity index is 2.38. The van der Waals surface area contributed by atoms with Gasteiger partial charge in [-0.25, -0.2) is 4.39 Å². The molecule has 0 spiro atoms. The van der Waals surface area contributed by atoms with Crippen molar-refractivity contribution in [2.45, 2.75) is 52.2 Å². The summed E-state index contributed by atoms with van der Waals surface area (Å²) < 4.78 is 32.3. The van der Waals surface area contributed by atoms with Crippen LogP contribution in [0.3, 0.4) is 0 Å². The lowest BCUT2D eigenvalue weighted by Gasteiger charge is -2.32. The van der Waals surface area contributed by atoms with Gasteiger partial charge in [0.25, 0.3) is 0 Å². The number of ether oxygens (including phenoxy) is 1. The van der Waals surface area contributed by atoms with Gasteiger partial charge in [-0.15, -0.1) is 0 Å². The number of benzene rings is 1. The first-order valence-corrected chi connectivity index (χ1v) is 8.64. The third-order valence-corrected chi connectivity index (χ3v) is 4.98. The normalized spacial score (nSPS) is 20.2. The highest BCUT2D eigenvalue weighted by atomic mass is 35.5. The lowest BCUT2D eigenvalue weighted by atomic mass is 9.82. The molecule has 0 radical (unpaired) electrons. The summed E-state index contributed by atoms with van der Waals surface area (Å²) in [6, 6.07) is 7.20. The first-order chi connectivity index (χ1) is 11.2. The van der Waals surface area contributed by atoms with Gasteiger partial charge in [-0.05, 0) is 58.2 Å². The van der Waals surface area contributed by atoms with Crippen molar-refractivity contribution >= 4 is 24.3 Å². The highest BCUT2D eigenvalue weighted by Crippen LogP contribution is 2.41. The first-order valence-electron chi connectivity index (χ1n) is 8.26. The second-order valence-corrected chi connectivity index (χ2v) is 7.25. The topological polar surface area (TPSA) is 27.7 Å². The quantitative estimate of drug-likeness (QED) is 0.527. The van der Waals surface area contributed by atoms with Gasteiger partial charge < -0.3 is 14.0 Å². The lowest BCUT2D eigenvalue weighted by Crippen LogP contribution is -2.41. The molecule has 0 atom stereocenters. The van der Waals surface area contributed by atoms with Crippen LogP contribution in [0.25, 0.3) is 5.57 Å². The molecule has 0 N–H and O–H groups in total. The van der Waals surface area contributed by atoms with Crippen molar-refractivity contribution in [3.63, 3.8) is 0 Å². The zero-order chi connectivity index (χ0) is 18.0. The van der Waals surface area contributed by atoms with Gasteiger partial charge in [-0.2, -0.15) is 0 Å². The number of rotatable bonds is 6. The molecule has 1 aromatic carbocycles.